The van der Waals surface area contributed by atoms with Crippen molar-refractivity contribution in [2.24, 2.45) is 17.6 Å². The highest BCUT2D eigenvalue weighted by Crippen LogP contribution is 2.41. The zero-order chi connectivity index (χ0) is 45.5. The van der Waals surface area contributed by atoms with Gasteiger partial charge in [-0.05, 0) is 149 Å². The van der Waals surface area contributed by atoms with Gasteiger partial charge in [-0.2, -0.15) is 5.10 Å². The van der Waals surface area contributed by atoms with E-state index in [1.165, 1.54) is 0 Å². The summed E-state index contributed by atoms with van der Waals surface area (Å²) >= 11 is 0. The monoisotopic (exact) mass is 895 g/mol. The summed E-state index contributed by atoms with van der Waals surface area (Å²) in [6.45, 7) is 6.57. The Balaban J connectivity index is 0.673. The molecule has 6 aliphatic heterocycles. The molecule has 1 aromatic heterocycles. The molecule has 7 heterocycles. The van der Waals surface area contributed by atoms with Gasteiger partial charge in [-0.25, -0.2) is 9.48 Å². The summed E-state index contributed by atoms with van der Waals surface area (Å²) in [5.74, 6) is 0.796. The molecule has 3 aromatic carbocycles. The van der Waals surface area contributed by atoms with Crippen molar-refractivity contribution in [2.45, 2.75) is 82.2 Å². The number of rotatable bonds is 10. The van der Waals surface area contributed by atoms with Gasteiger partial charge >= 0.3 is 6.03 Å². The van der Waals surface area contributed by atoms with Crippen LogP contribution in [0.3, 0.4) is 0 Å². The van der Waals surface area contributed by atoms with Crippen LogP contribution in [0, 0.1) is 11.8 Å². The topological polar surface area (TPSA) is 193 Å². The van der Waals surface area contributed by atoms with E-state index in [-0.39, 0.29) is 36.7 Å². The van der Waals surface area contributed by atoms with E-state index in [4.69, 9.17) is 15.6 Å². The third-order valence-corrected chi connectivity index (χ3v) is 14.9. The summed E-state index contributed by atoms with van der Waals surface area (Å²) in [5.41, 5.74) is 9.42. The van der Waals surface area contributed by atoms with Crippen molar-refractivity contribution < 1.29 is 33.5 Å². The van der Waals surface area contributed by atoms with Gasteiger partial charge in [0.1, 0.15) is 34.6 Å². The Labute approximate surface area is 383 Å². The molecule has 10 rings (SSSR count). The number of nitrogens with two attached hydrogens (primary N) is 1. The molecule has 7 amide bonds. The van der Waals surface area contributed by atoms with Gasteiger partial charge in [-0.1, -0.05) is 24.3 Å². The van der Waals surface area contributed by atoms with Crippen LogP contribution < -0.4 is 21.1 Å². The molecule has 4 N–H and O–H groups in total. The first kappa shape index (κ1) is 43.3. The number of carbonyl (C=O) groups excluding carboxylic acids is 6. The number of nitrogens with one attached hydrogen (secondary N) is 2. The lowest BCUT2D eigenvalue weighted by Gasteiger charge is -2.41. The van der Waals surface area contributed by atoms with E-state index in [0.29, 0.717) is 65.4 Å². The predicted octanol–water partition coefficient (Wildman–Crippen LogP) is 6.01. The molecule has 2 atom stereocenters. The lowest BCUT2D eigenvalue weighted by molar-refractivity contribution is -0.136. The van der Waals surface area contributed by atoms with Gasteiger partial charge in [0.25, 0.3) is 17.7 Å². The number of carbonyl (C=O) groups is 6. The molecule has 0 saturated carbocycles. The molecule has 0 bridgehead atoms. The number of urea groups is 1. The zero-order valence-electron chi connectivity index (χ0n) is 37.2. The fraction of sp³-hybridized carbons (Fsp3) is 0.460. The summed E-state index contributed by atoms with van der Waals surface area (Å²) in [4.78, 5) is 85.0. The second kappa shape index (κ2) is 18.4. The number of imide groups is 2. The Bertz CT molecular complexity index is 2520. The summed E-state index contributed by atoms with van der Waals surface area (Å²) in [6, 6.07) is 21.9. The standard InChI is InChI=1S/C50H57N9O7/c51-45(61)43-44(34-6-9-37(10-7-34)66-36-4-2-1-3-5-36)54-59-40(14-22-52-46(43)59)33-20-28-57(29-21-33)50(65)56-26-16-31(17-27-56)15-23-55-24-18-32(19-25-55)35-8-11-38-39(30-35)49(64)58(48(38)63)41-12-13-42(60)53-47(41)62/h1-11,30-33,40-41,52H,12-29H2,(H2,51,61)(H,53,60,62). The average Bonchev–Trinajstić information content (AvgIpc) is 3.86. The lowest BCUT2D eigenvalue weighted by atomic mass is 9.86. The quantitative estimate of drug-likeness (QED) is 0.159. The molecule has 2 unspecified atom stereocenters. The maximum atomic E-state index is 13.8. The number of hydrogen-bond donors (Lipinski definition) is 3. The van der Waals surface area contributed by atoms with Gasteiger partial charge in [0.15, 0.2) is 0 Å². The largest absolute Gasteiger partial charge is 0.457 e. The number of ether oxygens (including phenoxy) is 1. The Hall–Kier alpha value is -6.55. The second-order valence-corrected chi connectivity index (χ2v) is 18.8. The fourth-order valence-electron chi connectivity index (χ4n) is 11.2. The number of amides is 7. The fourth-order valence-corrected chi connectivity index (χ4v) is 11.2. The molecule has 16 nitrogen and oxygen atoms in total. The SMILES string of the molecule is NC(=O)c1c(-c2ccc(Oc3ccccc3)cc2)nn2c1NCCC2C1CCN(C(=O)N2CCC(CCN3CCC(c4ccc5c(c4)C(=O)N(C4CCC(=O)NC4=O)C5=O)CC3)CC2)CC1. The number of piperidine rings is 4. The first-order chi connectivity index (χ1) is 32.1. The molecule has 0 aliphatic carbocycles. The highest BCUT2D eigenvalue weighted by molar-refractivity contribution is 6.23. The van der Waals surface area contributed by atoms with Crippen molar-refractivity contribution in [3.63, 3.8) is 0 Å². The molecule has 16 heteroatoms. The Morgan fingerprint density at radius 3 is 2.12 bits per heavy atom. The molecule has 0 radical (unpaired) electrons. The molecule has 0 spiro atoms. The van der Waals surface area contributed by atoms with Crippen molar-refractivity contribution in [1.82, 2.24) is 34.7 Å². The van der Waals surface area contributed by atoms with Crippen LogP contribution >= 0.6 is 0 Å². The van der Waals surface area contributed by atoms with Gasteiger partial charge in [0, 0.05) is 44.7 Å². The number of anilines is 1. The third-order valence-electron chi connectivity index (χ3n) is 14.9. The number of aromatic nitrogens is 2. The van der Waals surface area contributed by atoms with Crippen molar-refractivity contribution in [1.29, 1.82) is 0 Å². The van der Waals surface area contributed by atoms with Crippen LogP contribution in [0.15, 0.2) is 72.8 Å². The van der Waals surface area contributed by atoms with Crippen LogP contribution in [-0.2, 0) is 9.59 Å². The van der Waals surface area contributed by atoms with E-state index in [0.717, 1.165) is 106 Å². The van der Waals surface area contributed by atoms with E-state index < -0.39 is 29.7 Å². The highest BCUT2D eigenvalue weighted by Gasteiger charge is 2.45. The third kappa shape index (κ3) is 8.54. The number of likely N-dealkylation sites (tertiary alicyclic amines) is 3. The zero-order valence-corrected chi connectivity index (χ0v) is 37.2. The molecule has 6 aliphatic rings. The maximum Gasteiger partial charge on any atom is 0.319 e. The minimum Gasteiger partial charge on any atom is -0.457 e. The van der Waals surface area contributed by atoms with E-state index >= 15 is 0 Å². The minimum atomic E-state index is -0.966. The van der Waals surface area contributed by atoms with Gasteiger partial charge in [-0.15, -0.1) is 0 Å². The van der Waals surface area contributed by atoms with Crippen molar-refractivity contribution in [2.75, 3.05) is 57.7 Å². The van der Waals surface area contributed by atoms with Crippen LogP contribution in [-0.4, -0.2) is 123 Å². The van der Waals surface area contributed by atoms with Gasteiger partial charge in [-0.3, -0.25) is 34.2 Å². The molecule has 4 saturated heterocycles. The van der Waals surface area contributed by atoms with Crippen molar-refractivity contribution >= 4 is 41.4 Å². The number of para-hydroxylation sites is 1. The number of nitrogens with zero attached hydrogens (tertiary/aromatic N) is 6. The van der Waals surface area contributed by atoms with Crippen LogP contribution in [0.1, 0.15) is 113 Å². The molecule has 4 fully saturated rings. The normalized spacial score (nSPS) is 22.2. The van der Waals surface area contributed by atoms with Crippen LogP contribution in [0.4, 0.5) is 10.6 Å². The Morgan fingerprint density at radius 2 is 1.42 bits per heavy atom. The highest BCUT2D eigenvalue weighted by atomic mass is 16.5. The number of primary amides is 1. The predicted molar refractivity (Wildman–Crippen MR) is 245 cm³/mol. The summed E-state index contributed by atoms with van der Waals surface area (Å²) in [6.07, 6.45) is 7.85. The molecule has 344 valence electrons. The van der Waals surface area contributed by atoms with Gasteiger partial charge in [0.2, 0.25) is 11.8 Å². The Kier molecular flexibility index (Phi) is 12.1. The Morgan fingerprint density at radius 1 is 0.742 bits per heavy atom. The maximum absolute atomic E-state index is 13.8. The van der Waals surface area contributed by atoms with E-state index in [1.807, 2.05) is 81.2 Å². The smallest absolute Gasteiger partial charge is 0.319 e. The van der Waals surface area contributed by atoms with E-state index in [2.05, 4.69) is 15.5 Å². The number of hydrogen-bond acceptors (Lipinski definition) is 10. The summed E-state index contributed by atoms with van der Waals surface area (Å²) in [7, 11) is 0. The first-order valence-electron chi connectivity index (χ1n) is 23.7. The molecule has 4 aromatic rings. The van der Waals surface area contributed by atoms with Crippen LogP contribution in [0.25, 0.3) is 11.3 Å². The van der Waals surface area contributed by atoms with E-state index in [9.17, 15) is 28.8 Å². The van der Waals surface area contributed by atoms with E-state index in [1.54, 1.807) is 6.07 Å². The van der Waals surface area contributed by atoms with Crippen LogP contribution in [0.2, 0.25) is 0 Å². The molecular formula is C50H57N9O7. The van der Waals surface area contributed by atoms with Crippen LogP contribution in [0.5, 0.6) is 11.5 Å². The van der Waals surface area contributed by atoms with Gasteiger partial charge < -0.3 is 30.5 Å². The van der Waals surface area contributed by atoms with Crippen molar-refractivity contribution in [3.05, 3.63) is 95.1 Å². The average molecular weight is 896 g/mol. The number of fused-ring (bicyclic) bond motifs is 2. The summed E-state index contributed by atoms with van der Waals surface area (Å²) in [5, 5.41) is 10.7. The van der Waals surface area contributed by atoms with Crippen molar-refractivity contribution in [3.8, 4) is 22.8 Å². The second-order valence-electron chi connectivity index (χ2n) is 18.8. The molecule has 66 heavy (non-hydrogen) atoms. The molecular weight excluding hydrogens is 839 g/mol. The lowest BCUT2D eigenvalue weighted by Crippen LogP contribution is -2.54. The summed E-state index contributed by atoms with van der Waals surface area (Å²) < 4.78 is 7.96. The number of benzene rings is 3. The minimum absolute atomic E-state index is 0.0872. The van der Waals surface area contributed by atoms with Gasteiger partial charge in [0.05, 0.1) is 17.2 Å². The first-order valence-corrected chi connectivity index (χ1v) is 23.7.